The highest BCUT2D eigenvalue weighted by atomic mass is 15.2. The first-order valence-electron chi connectivity index (χ1n) is 9.52. The van der Waals surface area contributed by atoms with E-state index in [-0.39, 0.29) is 11.6 Å². The zero-order valence-electron chi connectivity index (χ0n) is 16.3. The van der Waals surface area contributed by atoms with Crippen LogP contribution in [0.15, 0.2) is 35.3 Å². The van der Waals surface area contributed by atoms with Crippen LogP contribution in [-0.4, -0.2) is 48.6 Å². The Morgan fingerprint density at radius 1 is 1.36 bits per heavy atom. The van der Waals surface area contributed by atoms with Crippen molar-refractivity contribution in [2.75, 3.05) is 26.2 Å². The lowest BCUT2D eigenvalue weighted by molar-refractivity contribution is 0.267. The number of hydrogen-bond acceptors (Lipinski definition) is 3. The van der Waals surface area contributed by atoms with E-state index in [4.69, 9.17) is 5.73 Å². The van der Waals surface area contributed by atoms with Gasteiger partial charge >= 0.3 is 0 Å². The fourth-order valence-corrected chi connectivity index (χ4v) is 3.56. The highest BCUT2D eigenvalue weighted by Crippen LogP contribution is 2.17. The van der Waals surface area contributed by atoms with Gasteiger partial charge in [-0.15, -0.1) is 0 Å². The lowest BCUT2D eigenvalue weighted by Gasteiger charge is -2.29. The number of rotatable bonds is 8. The van der Waals surface area contributed by atoms with Crippen LogP contribution in [0.25, 0.3) is 0 Å². The van der Waals surface area contributed by atoms with Crippen molar-refractivity contribution in [1.29, 1.82) is 0 Å². The summed E-state index contributed by atoms with van der Waals surface area (Å²) in [5.74, 6) is 0.546. The smallest absolute Gasteiger partial charge is 0.188 e. The van der Waals surface area contributed by atoms with Crippen molar-refractivity contribution in [2.24, 2.45) is 10.7 Å². The summed E-state index contributed by atoms with van der Waals surface area (Å²) in [6, 6.07) is 11.3. The monoisotopic (exact) mass is 345 g/mol. The molecule has 140 valence electrons. The second-order valence-corrected chi connectivity index (χ2v) is 7.67. The molecule has 0 spiro atoms. The third-order valence-corrected chi connectivity index (χ3v) is 4.98. The molecule has 1 saturated heterocycles. The van der Waals surface area contributed by atoms with Crippen molar-refractivity contribution in [3.8, 4) is 0 Å². The average molecular weight is 346 g/mol. The van der Waals surface area contributed by atoms with Crippen LogP contribution >= 0.6 is 0 Å². The summed E-state index contributed by atoms with van der Waals surface area (Å²) < 4.78 is 0. The minimum absolute atomic E-state index is 0.121. The molecule has 1 aliphatic heterocycles. The molecule has 0 aromatic heterocycles. The number of nitrogens with zero attached hydrogens (tertiary/aromatic N) is 2. The summed E-state index contributed by atoms with van der Waals surface area (Å²) in [4.78, 5) is 7.06. The van der Waals surface area contributed by atoms with Gasteiger partial charge in [0, 0.05) is 24.2 Å². The van der Waals surface area contributed by atoms with E-state index in [1.807, 2.05) is 6.07 Å². The lowest BCUT2D eigenvalue weighted by atomic mass is 10.0. The number of nitrogens with two attached hydrogens (primary N) is 1. The van der Waals surface area contributed by atoms with E-state index in [0.717, 1.165) is 13.1 Å². The van der Waals surface area contributed by atoms with E-state index in [1.165, 1.54) is 24.9 Å². The largest absolute Gasteiger partial charge is 0.370 e. The molecule has 25 heavy (non-hydrogen) atoms. The minimum atomic E-state index is -0.121. The number of benzene rings is 1. The Balaban J connectivity index is 1.79. The van der Waals surface area contributed by atoms with Crippen molar-refractivity contribution < 1.29 is 0 Å². The molecule has 0 aliphatic carbocycles. The van der Waals surface area contributed by atoms with Crippen LogP contribution < -0.4 is 16.4 Å². The molecule has 0 saturated carbocycles. The normalized spacial score (nSPS) is 20.6. The number of likely N-dealkylation sites (N-methyl/N-ethyl adjacent to an activating group) is 1. The molecular formula is C20H35N5. The van der Waals surface area contributed by atoms with Gasteiger partial charge in [-0.1, -0.05) is 37.3 Å². The van der Waals surface area contributed by atoms with E-state index in [0.29, 0.717) is 18.5 Å². The summed E-state index contributed by atoms with van der Waals surface area (Å²) in [7, 11) is 0. The van der Waals surface area contributed by atoms with Gasteiger partial charge in [0.2, 0.25) is 0 Å². The summed E-state index contributed by atoms with van der Waals surface area (Å²) >= 11 is 0. The van der Waals surface area contributed by atoms with E-state index >= 15 is 0 Å². The molecule has 2 atom stereocenters. The lowest BCUT2D eigenvalue weighted by Crippen LogP contribution is -2.46. The van der Waals surface area contributed by atoms with E-state index in [9.17, 15) is 0 Å². The number of guanidine groups is 1. The molecule has 0 bridgehead atoms. The van der Waals surface area contributed by atoms with Gasteiger partial charge < -0.3 is 16.4 Å². The van der Waals surface area contributed by atoms with Crippen molar-refractivity contribution in [3.05, 3.63) is 35.9 Å². The number of hydrogen-bond donors (Lipinski definition) is 3. The van der Waals surface area contributed by atoms with Crippen LogP contribution in [0.3, 0.4) is 0 Å². The highest BCUT2D eigenvalue weighted by Gasteiger charge is 2.23. The molecule has 4 N–H and O–H groups in total. The molecule has 2 rings (SSSR count). The van der Waals surface area contributed by atoms with Crippen molar-refractivity contribution in [2.45, 2.75) is 58.2 Å². The van der Waals surface area contributed by atoms with Crippen molar-refractivity contribution in [3.63, 3.8) is 0 Å². The molecule has 1 aromatic rings. The number of nitrogens with one attached hydrogen (secondary N) is 2. The zero-order valence-corrected chi connectivity index (χ0v) is 16.3. The third kappa shape index (κ3) is 6.33. The number of likely N-dealkylation sites (tertiary alicyclic amines) is 1. The molecular weight excluding hydrogens is 310 g/mol. The van der Waals surface area contributed by atoms with Gasteiger partial charge in [0.15, 0.2) is 5.96 Å². The Morgan fingerprint density at radius 3 is 2.76 bits per heavy atom. The summed E-state index contributed by atoms with van der Waals surface area (Å²) in [5, 5.41) is 6.95. The minimum Gasteiger partial charge on any atom is -0.370 e. The Bertz CT molecular complexity index is 540. The predicted octanol–water partition coefficient (Wildman–Crippen LogP) is 2.50. The van der Waals surface area contributed by atoms with Gasteiger partial charge in [0.1, 0.15) is 0 Å². The Labute approximate surface area is 153 Å². The maximum absolute atomic E-state index is 6.08. The predicted molar refractivity (Wildman–Crippen MR) is 107 cm³/mol. The maximum atomic E-state index is 6.08. The standard InChI is InChI=1S/C20H35N5/c1-5-25-13-9-12-18(25)14-22-19(21)23-15-20(3,4)24-16(2)17-10-7-6-8-11-17/h6-8,10-11,16,18,24H,5,9,12-15H2,1-4H3,(H3,21,22,23). The topological polar surface area (TPSA) is 65.7 Å². The fraction of sp³-hybridized carbons (Fsp3) is 0.650. The third-order valence-electron chi connectivity index (χ3n) is 4.98. The van der Waals surface area contributed by atoms with Gasteiger partial charge in [-0.3, -0.25) is 9.89 Å². The summed E-state index contributed by atoms with van der Waals surface area (Å²) in [5.41, 5.74) is 7.24. The van der Waals surface area contributed by atoms with Crippen LogP contribution in [0.2, 0.25) is 0 Å². The summed E-state index contributed by atoms with van der Waals surface area (Å²) in [6.45, 7) is 12.6. The van der Waals surface area contributed by atoms with Gasteiger partial charge in [-0.25, -0.2) is 0 Å². The van der Waals surface area contributed by atoms with Crippen molar-refractivity contribution in [1.82, 2.24) is 15.5 Å². The number of aliphatic imine (C=N–C) groups is 1. The molecule has 1 aliphatic rings. The van der Waals surface area contributed by atoms with Gasteiger partial charge in [-0.05, 0) is 52.3 Å². The first-order chi connectivity index (χ1) is 11.9. The molecule has 0 radical (unpaired) electrons. The quantitative estimate of drug-likeness (QED) is 0.500. The van der Waals surface area contributed by atoms with Crippen molar-refractivity contribution >= 4 is 5.96 Å². The van der Waals surface area contributed by atoms with Gasteiger partial charge in [0.25, 0.3) is 0 Å². The first-order valence-corrected chi connectivity index (χ1v) is 9.52. The second kappa shape index (κ2) is 9.20. The SMILES string of the molecule is CCN1CCCC1CNC(N)=NCC(C)(C)NC(C)c1ccccc1. The molecule has 0 amide bonds. The van der Waals surface area contributed by atoms with Gasteiger partial charge in [0.05, 0.1) is 6.54 Å². The maximum Gasteiger partial charge on any atom is 0.188 e. The average Bonchev–Trinajstić information content (AvgIpc) is 3.06. The van der Waals surface area contributed by atoms with E-state index in [1.54, 1.807) is 0 Å². The molecule has 1 fully saturated rings. The van der Waals surface area contributed by atoms with E-state index < -0.39 is 0 Å². The molecule has 5 nitrogen and oxygen atoms in total. The molecule has 1 aromatic carbocycles. The molecule has 5 heteroatoms. The Hall–Kier alpha value is -1.59. The van der Waals surface area contributed by atoms with Gasteiger partial charge in [-0.2, -0.15) is 0 Å². The van der Waals surface area contributed by atoms with Crippen LogP contribution in [0.1, 0.15) is 52.1 Å². The first kappa shape index (κ1) is 19.7. The molecule has 1 heterocycles. The Morgan fingerprint density at radius 2 is 2.08 bits per heavy atom. The van der Waals surface area contributed by atoms with Crippen LogP contribution in [0.5, 0.6) is 0 Å². The highest BCUT2D eigenvalue weighted by molar-refractivity contribution is 5.77. The van der Waals surface area contributed by atoms with E-state index in [2.05, 4.69) is 72.5 Å². The van der Waals surface area contributed by atoms with Crippen LogP contribution in [-0.2, 0) is 0 Å². The second-order valence-electron chi connectivity index (χ2n) is 7.67. The zero-order chi connectivity index (χ0) is 18.3. The fourth-order valence-electron chi connectivity index (χ4n) is 3.56. The molecule has 2 unspecified atom stereocenters. The van der Waals surface area contributed by atoms with Crippen LogP contribution in [0, 0.1) is 0 Å². The summed E-state index contributed by atoms with van der Waals surface area (Å²) in [6.07, 6.45) is 2.53. The van der Waals surface area contributed by atoms with Crippen LogP contribution in [0.4, 0.5) is 0 Å². The Kier molecular flexibility index (Phi) is 7.26.